The van der Waals surface area contributed by atoms with E-state index in [2.05, 4.69) is 20.8 Å². The van der Waals surface area contributed by atoms with Gasteiger partial charge in [-0.3, -0.25) is 4.79 Å². The zero-order valence-electron chi connectivity index (χ0n) is 12.6. The van der Waals surface area contributed by atoms with Crippen molar-refractivity contribution in [1.29, 1.82) is 0 Å². The van der Waals surface area contributed by atoms with Gasteiger partial charge in [0.1, 0.15) is 6.10 Å². The molecular weight excluding hydrogens is 236 g/mol. The number of benzene rings is 1. The van der Waals surface area contributed by atoms with Crippen LogP contribution in [0.25, 0.3) is 0 Å². The van der Waals surface area contributed by atoms with Crippen LogP contribution in [-0.2, 0) is 11.2 Å². The summed E-state index contributed by atoms with van der Waals surface area (Å²) in [7, 11) is 0. The van der Waals surface area contributed by atoms with Gasteiger partial charge in [0.2, 0.25) is 0 Å². The molecule has 0 N–H and O–H groups in total. The van der Waals surface area contributed by atoms with Crippen molar-refractivity contribution in [3.8, 4) is 0 Å². The van der Waals surface area contributed by atoms with Crippen molar-refractivity contribution in [3.05, 3.63) is 35.4 Å². The minimum atomic E-state index is -0.355. The third-order valence-corrected chi connectivity index (χ3v) is 3.43. The van der Waals surface area contributed by atoms with E-state index in [1.54, 1.807) is 0 Å². The number of rotatable bonds is 8. The minimum absolute atomic E-state index is 0.0753. The van der Waals surface area contributed by atoms with Gasteiger partial charge in [0.05, 0.1) is 6.61 Å². The highest BCUT2D eigenvalue weighted by molar-refractivity contribution is 5.99. The molecule has 19 heavy (non-hydrogen) atoms. The fraction of sp³-hybridized carbons (Fsp3) is 0.588. The Labute approximate surface area is 117 Å². The Hall–Kier alpha value is -1.15. The molecule has 0 amide bonds. The molecule has 0 saturated heterocycles. The average molecular weight is 262 g/mol. The van der Waals surface area contributed by atoms with Crippen molar-refractivity contribution in [2.45, 2.75) is 53.1 Å². The zero-order valence-corrected chi connectivity index (χ0v) is 12.6. The summed E-state index contributed by atoms with van der Waals surface area (Å²) < 4.78 is 5.68. The first kappa shape index (κ1) is 15.9. The largest absolute Gasteiger partial charge is 0.370 e. The van der Waals surface area contributed by atoms with E-state index < -0.39 is 0 Å². The van der Waals surface area contributed by atoms with Crippen LogP contribution in [0.4, 0.5) is 0 Å². The van der Waals surface area contributed by atoms with Crippen molar-refractivity contribution >= 4 is 5.78 Å². The SMILES string of the molecule is CCCC(C)COC(C)C(=O)c1ccc(CC)cc1. The first-order valence-corrected chi connectivity index (χ1v) is 7.33. The summed E-state index contributed by atoms with van der Waals surface area (Å²) in [5.41, 5.74) is 1.99. The van der Waals surface area contributed by atoms with E-state index in [1.807, 2.05) is 31.2 Å². The predicted molar refractivity (Wildman–Crippen MR) is 79.6 cm³/mol. The lowest BCUT2D eigenvalue weighted by Crippen LogP contribution is -2.23. The van der Waals surface area contributed by atoms with Crippen molar-refractivity contribution in [2.24, 2.45) is 5.92 Å². The topological polar surface area (TPSA) is 26.3 Å². The van der Waals surface area contributed by atoms with Crippen LogP contribution in [0, 0.1) is 5.92 Å². The number of ether oxygens (including phenoxy) is 1. The fourth-order valence-corrected chi connectivity index (χ4v) is 2.10. The molecule has 2 heteroatoms. The Kier molecular flexibility index (Phi) is 6.79. The Morgan fingerprint density at radius 2 is 1.79 bits per heavy atom. The molecule has 0 fully saturated rings. The molecule has 2 nitrogen and oxygen atoms in total. The van der Waals surface area contributed by atoms with E-state index in [-0.39, 0.29) is 11.9 Å². The van der Waals surface area contributed by atoms with Gasteiger partial charge >= 0.3 is 0 Å². The summed E-state index contributed by atoms with van der Waals surface area (Å²) in [5.74, 6) is 0.592. The van der Waals surface area contributed by atoms with Gasteiger partial charge in [-0.25, -0.2) is 0 Å². The minimum Gasteiger partial charge on any atom is -0.370 e. The number of hydrogen-bond donors (Lipinski definition) is 0. The number of aryl methyl sites for hydroxylation is 1. The molecular formula is C17H26O2. The third-order valence-electron chi connectivity index (χ3n) is 3.43. The van der Waals surface area contributed by atoms with Crippen molar-refractivity contribution in [3.63, 3.8) is 0 Å². The maximum atomic E-state index is 12.2. The van der Waals surface area contributed by atoms with Gasteiger partial charge in [-0.15, -0.1) is 0 Å². The van der Waals surface area contributed by atoms with Crippen LogP contribution in [-0.4, -0.2) is 18.5 Å². The highest BCUT2D eigenvalue weighted by Crippen LogP contribution is 2.12. The van der Waals surface area contributed by atoms with Crippen molar-refractivity contribution in [1.82, 2.24) is 0 Å². The Morgan fingerprint density at radius 3 is 2.32 bits per heavy atom. The molecule has 0 saturated carbocycles. The van der Waals surface area contributed by atoms with Gasteiger partial charge in [-0.05, 0) is 31.2 Å². The lowest BCUT2D eigenvalue weighted by Gasteiger charge is -2.16. The smallest absolute Gasteiger partial charge is 0.191 e. The van der Waals surface area contributed by atoms with E-state index in [1.165, 1.54) is 5.56 Å². The lowest BCUT2D eigenvalue weighted by atomic mass is 10.0. The Morgan fingerprint density at radius 1 is 1.16 bits per heavy atom. The first-order chi connectivity index (χ1) is 9.08. The highest BCUT2D eigenvalue weighted by Gasteiger charge is 2.16. The molecule has 106 valence electrons. The molecule has 1 aromatic carbocycles. The molecule has 0 bridgehead atoms. The molecule has 0 aliphatic rings. The molecule has 0 spiro atoms. The van der Waals surface area contributed by atoms with Crippen LogP contribution >= 0.6 is 0 Å². The molecule has 2 unspecified atom stereocenters. The Bertz CT molecular complexity index is 381. The monoisotopic (exact) mass is 262 g/mol. The van der Waals surface area contributed by atoms with Gasteiger partial charge < -0.3 is 4.74 Å². The highest BCUT2D eigenvalue weighted by atomic mass is 16.5. The third kappa shape index (κ3) is 5.15. The van der Waals surface area contributed by atoms with Gasteiger partial charge in [0, 0.05) is 5.56 Å². The van der Waals surface area contributed by atoms with Crippen LogP contribution < -0.4 is 0 Å². The second kappa shape index (κ2) is 8.11. The van der Waals surface area contributed by atoms with Crippen molar-refractivity contribution < 1.29 is 9.53 Å². The number of carbonyl (C=O) groups excluding carboxylic acids is 1. The quantitative estimate of drug-likeness (QED) is 0.654. The summed E-state index contributed by atoms with van der Waals surface area (Å²) in [6.45, 7) is 8.94. The lowest BCUT2D eigenvalue weighted by molar-refractivity contribution is 0.0354. The summed E-state index contributed by atoms with van der Waals surface area (Å²) in [5, 5.41) is 0. The maximum Gasteiger partial charge on any atom is 0.191 e. The first-order valence-electron chi connectivity index (χ1n) is 7.33. The molecule has 0 aliphatic heterocycles. The molecule has 2 atom stereocenters. The molecule has 0 heterocycles. The summed E-state index contributed by atoms with van der Waals surface area (Å²) in [6, 6.07) is 7.83. The summed E-state index contributed by atoms with van der Waals surface area (Å²) in [4.78, 5) is 12.2. The van der Waals surface area contributed by atoms with Crippen LogP contribution in [0.15, 0.2) is 24.3 Å². The number of carbonyl (C=O) groups is 1. The van der Waals surface area contributed by atoms with E-state index in [0.717, 1.165) is 24.8 Å². The summed E-state index contributed by atoms with van der Waals surface area (Å²) >= 11 is 0. The van der Waals surface area contributed by atoms with Crippen LogP contribution in [0.1, 0.15) is 56.5 Å². The standard InChI is InChI=1S/C17H26O2/c1-5-7-13(3)12-19-14(4)17(18)16-10-8-15(6-2)9-11-16/h8-11,13-14H,5-7,12H2,1-4H3. The van der Waals surface area contributed by atoms with Crippen LogP contribution in [0.5, 0.6) is 0 Å². The number of hydrogen-bond acceptors (Lipinski definition) is 2. The van der Waals surface area contributed by atoms with E-state index in [4.69, 9.17) is 4.74 Å². The van der Waals surface area contributed by atoms with Gasteiger partial charge in [-0.2, -0.15) is 0 Å². The number of ketones is 1. The zero-order chi connectivity index (χ0) is 14.3. The molecule has 0 aliphatic carbocycles. The second-order valence-corrected chi connectivity index (χ2v) is 5.28. The fourth-order valence-electron chi connectivity index (χ4n) is 2.10. The molecule has 0 radical (unpaired) electrons. The second-order valence-electron chi connectivity index (χ2n) is 5.28. The molecule has 0 aromatic heterocycles. The van der Waals surface area contributed by atoms with Crippen molar-refractivity contribution in [2.75, 3.05) is 6.61 Å². The maximum absolute atomic E-state index is 12.2. The average Bonchev–Trinajstić information content (AvgIpc) is 2.44. The van der Waals surface area contributed by atoms with E-state index >= 15 is 0 Å². The van der Waals surface area contributed by atoms with Gasteiger partial charge in [0.25, 0.3) is 0 Å². The van der Waals surface area contributed by atoms with Crippen LogP contribution in [0.2, 0.25) is 0 Å². The summed E-state index contributed by atoms with van der Waals surface area (Å²) in [6.07, 6.45) is 2.94. The van der Waals surface area contributed by atoms with Gasteiger partial charge in [-0.1, -0.05) is 51.5 Å². The molecule has 1 aromatic rings. The number of Topliss-reactive ketones (excluding diaryl/α,β-unsaturated/α-hetero) is 1. The normalized spacial score (nSPS) is 14.1. The van der Waals surface area contributed by atoms with E-state index in [0.29, 0.717) is 12.5 Å². The van der Waals surface area contributed by atoms with E-state index in [9.17, 15) is 4.79 Å². The predicted octanol–water partition coefficient (Wildman–Crippen LogP) is 4.27. The molecule has 1 rings (SSSR count). The van der Waals surface area contributed by atoms with Crippen LogP contribution in [0.3, 0.4) is 0 Å². The Balaban J connectivity index is 2.51. The van der Waals surface area contributed by atoms with Gasteiger partial charge in [0.15, 0.2) is 5.78 Å².